The highest BCUT2D eigenvalue weighted by atomic mass is 16.2. The average molecular weight is 363 g/mol. The van der Waals surface area contributed by atoms with Crippen molar-refractivity contribution in [2.75, 3.05) is 38.6 Å². The van der Waals surface area contributed by atoms with Gasteiger partial charge in [-0.25, -0.2) is 4.79 Å². The molecule has 1 spiro atoms. The largest absolute Gasteiger partial charge is 0.331 e. The normalized spacial score (nSPS) is 21.0. The molecular formula is C22H25N3O2. The van der Waals surface area contributed by atoms with Crippen LogP contribution in [-0.4, -0.2) is 55.5 Å². The Morgan fingerprint density at radius 2 is 1.78 bits per heavy atom. The fourth-order valence-electron chi connectivity index (χ4n) is 4.35. The molecule has 2 aromatic rings. The summed E-state index contributed by atoms with van der Waals surface area (Å²) in [6.07, 6.45) is 1.50. The van der Waals surface area contributed by atoms with E-state index in [0.29, 0.717) is 26.1 Å². The van der Waals surface area contributed by atoms with E-state index in [-0.39, 0.29) is 11.9 Å². The van der Waals surface area contributed by atoms with Crippen molar-refractivity contribution < 1.29 is 9.59 Å². The van der Waals surface area contributed by atoms with Crippen molar-refractivity contribution in [1.29, 1.82) is 0 Å². The lowest BCUT2D eigenvalue weighted by Crippen LogP contribution is -2.45. The van der Waals surface area contributed by atoms with Gasteiger partial charge in [0.1, 0.15) is 0 Å². The van der Waals surface area contributed by atoms with Gasteiger partial charge in [0.2, 0.25) is 5.91 Å². The minimum atomic E-state index is -0.598. The first kappa shape index (κ1) is 17.6. The second-order valence-corrected chi connectivity index (χ2v) is 7.64. The van der Waals surface area contributed by atoms with Crippen molar-refractivity contribution in [1.82, 2.24) is 9.80 Å². The van der Waals surface area contributed by atoms with Gasteiger partial charge in [-0.15, -0.1) is 0 Å². The molecule has 4 rings (SSSR count). The van der Waals surface area contributed by atoms with Crippen LogP contribution in [0.5, 0.6) is 0 Å². The number of hydrogen-bond donors (Lipinski definition) is 0. The fourth-order valence-corrected chi connectivity index (χ4v) is 4.35. The van der Waals surface area contributed by atoms with Gasteiger partial charge < -0.3 is 14.7 Å². The molecule has 3 amide bonds. The van der Waals surface area contributed by atoms with Gasteiger partial charge in [-0.1, -0.05) is 48.5 Å². The third-order valence-electron chi connectivity index (χ3n) is 5.75. The second-order valence-electron chi connectivity index (χ2n) is 7.64. The summed E-state index contributed by atoms with van der Waals surface area (Å²) in [6.45, 7) is 1.73. The van der Waals surface area contributed by atoms with E-state index < -0.39 is 5.41 Å². The Balaban J connectivity index is 1.61. The topological polar surface area (TPSA) is 43.9 Å². The van der Waals surface area contributed by atoms with Crippen LogP contribution in [-0.2, 0) is 16.6 Å². The standard InChI is InChI=1S/C22H25N3O2/c1-23(2)21(27)24-15-13-22(16-24)18-10-6-7-11-19(18)25(20(22)26)14-12-17-8-4-3-5-9-17/h3-11H,12-16H2,1-2H3. The van der Waals surface area contributed by atoms with Gasteiger partial charge in [-0.2, -0.15) is 0 Å². The summed E-state index contributed by atoms with van der Waals surface area (Å²) in [5.74, 6) is 0.133. The molecule has 0 bridgehead atoms. The molecule has 0 aliphatic carbocycles. The molecular weight excluding hydrogens is 338 g/mol. The van der Waals surface area contributed by atoms with Crippen molar-refractivity contribution in [3.05, 3.63) is 65.7 Å². The molecule has 0 saturated carbocycles. The number of carbonyl (C=O) groups excluding carboxylic acids is 2. The first-order chi connectivity index (χ1) is 13.0. The summed E-state index contributed by atoms with van der Waals surface area (Å²) < 4.78 is 0. The van der Waals surface area contributed by atoms with E-state index in [1.807, 2.05) is 41.3 Å². The first-order valence-electron chi connectivity index (χ1n) is 9.44. The molecule has 2 heterocycles. The number of benzene rings is 2. The second kappa shape index (κ2) is 6.72. The van der Waals surface area contributed by atoms with Crippen molar-refractivity contribution in [3.63, 3.8) is 0 Å². The van der Waals surface area contributed by atoms with Crippen molar-refractivity contribution in [2.45, 2.75) is 18.3 Å². The Morgan fingerprint density at radius 3 is 2.52 bits per heavy atom. The fraction of sp³-hybridized carbons (Fsp3) is 0.364. The summed E-state index contributed by atoms with van der Waals surface area (Å²) in [5, 5.41) is 0. The Labute approximate surface area is 160 Å². The number of rotatable bonds is 3. The average Bonchev–Trinajstić information content (AvgIpc) is 3.23. The number of anilines is 1. The lowest BCUT2D eigenvalue weighted by molar-refractivity contribution is -0.122. The molecule has 2 aromatic carbocycles. The number of hydrogen-bond acceptors (Lipinski definition) is 2. The minimum Gasteiger partial charge on any atom is -0.331 e. The number of amides is 3. The summed E-state index contributed by atoms with van der Waals surface area (Å²) in [7, 11) is 3.51. The van der Waals surface area contributed by atoms with Crippen LogP contribution in [0.15, 0.2) is 54.6 Å². The van der Waals surface area contributed by atoms with E-state index >= 15 is 0 Å². The van der Waals surface area contributed by atoms with Crippen LogP contribution in [0.1, 0.15) is 17.5 Å². The molecule has 5 nitrogen and oxygen atoms in total. The maximum atomic E-state index is 13.5. The Morgan fingerprint density at radius 1 is 1.07 bits per heavy atom. The monoisotopic (exact) mass is 363 g/mol. The van der Waals surface area contributed by atoms with E-state index in [0.717, 1.165) is 17.7 Å². The predicted molar refractivity (Wildman–Crippen MR) is 106 cm³/mol. The van der Waals surface area contributed by atoms with Crippen molar-refractivity contribution in [2.24, 2.45) is 0 Å². The van der Waals surface area contributed by atoms with Crippen LogP contribution in [0.2, 0.25) is 0 Å². The van der Waals surface area contributed by atoms with E-state index in [9.17, 15) is 9.59 Å². The van der Waals surface area contributed by atoms with Crippen molar-refractivity contribution in [3.8, 4) is 0 Å². The molecule has 0 aromatic heterocycles. The molecule has 140 valence electrons. The quantitative estimate of drug-likeness (QED) is 0.842. The summed E-state index contributed by atoms with van der Waals surface area (Å²) >= 11 is 0. The summed E-state index contributed by atoms with van der Waals surface area (Å²) in [4.78, 5) is 31.2. The van der Waals surface area contributed by atoms with E-state index in [4.69, 9.17) is 0 Å². The third kappa shape index (κ3) is 2.87. The molecule has 27 heavy (non-hydrogen) atoms. The number of para-hydroxylation sites is 1. The molecule has 1 fully saturated rings. The van der Waals surface area contributed by atoms with E-state index in [1.165, 1.54) is 5.56 Å². The highest BCUT2D eigenvalue weighted by Crippen LogP contribution is 2.47. The predicted octanol–water partition coefficient (Wildman–Crippen LogP) is 2.90. The van der Waals surface area contributed by atoms with Crippen LogP contribution >= 0.6 is 0 Å². The first-order valence-corrected chi connectivity index (χ1v) is 9.44. The number of fused-ring (bicyclic) bond motifs is 2. The number of urea groups is 1. The van der Waals surface area contributed by atoms with E-state index in [2.05, 4.69) is 18.2 Å². The van der Waals surface area contributed by atoms with Gasteiger partial charge in [0.15, 0.2) is 0 Å². The zero-order valence-electron chi connectivity index (χ0n) is 15.9. The number of nitrogens with zero attached hydrogens (tertiary/aromatic N) is 3. The van der Waals surface area contributed by atoms with Crippen LogP contribution in [0, 0.1) is 0 Å². The van der Waals surface area contributed by atoms with Gasteiger partial charge in [0.25, 0.3) is 0 Å². The minimum absolute atomic E-state index is 0.0279. The summed E-state index contributed by atoms with van der Waals surface area (Å²) in [6, 6.07) is 18.3. The van der Waals surface area contributed by atoms with Gasteiger partial charge >= 0.3 is 6.03 Å². The van der Waals surface area contributed by atoms with Gasteiger partial charge in [-0.3, -0.25) is 4.79 Å². The van der Waals surface area contributed by atoms with Gasteiger partial charge in [0, 0.05) is 39.4 Å². The molecule has 1 saturated heterocycles. The van der Waals surface area contributed by atoms with Crippen LogP contribution in [0.25, 0.3) is 0 Å². The molecule has 2 aliphatic heterocycles. The van der Waals surface area contributed by atoms with Gasteiger partial charge in [-0.05, 0) is 30.0 Å². The van der Waals surface area contributed by atoms with Crippen molar-refractivity contribution >= 4 is 17.6 Å². The lowest BCUT2D eigenvalue weighted by Gasteiger charge is -2.26. The third-order valence-corrected chi connectivity index (χ3v) is 5.75. The molecule has 1 unspecified atom stereocenters. The molecule has 2 aliphatic rings. The Bertz CT molecular complexity index is 865. The van der Waals surface area contributed by atoms with Crippen LogP contribution in [0.3, 0.4) is 0 Å². The zero-order valence-corrected chi connectivity index (χ0v) is 15.9. The number of carbonyl (C=O) groups is 2. The molecule has 0 N–H and O–H groups in total. The smallest absolute Gasteiger partial charge is 0.319 e. The highest BCUT2D eigenvalue weighted by molar-refractivity contribution is 6.09. The van der Waals surface area contributed by atoms with E-state index in [1.54, 1.807) is 23.9 Å². The Kier molecular flexibility index (Phi) is 4.38. The SMILES string of the molecule is CN(C)C(=O)N1CCC2(C1)C(=O)N(CCc1ccccc1)c1ccccc12. The zero-order chi connectivity index (χ0) is 19.0. The van der Waals surface area contributed by atoms with Crippen LogP contribution in [0.4, 0.5) is 10.5 Å². The number of likely N-dealkylation sites (tertiary alicyclic amines) is 1. The summed E-state index contributed by atoms with van der Waals surface area (Å²) in [5.41, 5.74) is 2.69. The van der Waals surface area contributed by atoms with Crippen LogP contribution < -0.4 is 4.90 Å². The maximum Gasteiger partial charge on any atom is 0.319 e. The molecule has 0 radical (unpaired) electrons. The Hall–Kier alpha value is -2.82. The highest BCUT2D eigenvalue weighted by Gasteiger charge is 2.55. The van der Waals surface area contributed by atoms with Gasteiger partial charge in [0.05, 0.1) is 5.41 Å². The molecule has 1 atom stereocenters. The lowest BCUT2D eigenvalue weighted by atomic mass is 9.81. The molecule has 5 heteroatoms. The maximum absolute atomic E-state index is 13.5.